The van der Waals surface area contributed by atoms with Crippen molar-refractivity contribution in [2.24, 2.45) is 5.73 Å². The lowest BCUT2D eigenvalue weighted by atomic mass is 10.0. The second kappa shape index (κ2) is 6.64. The van der Waals surface area contributed by atoms with Crippen molar-refractivity contribution in [3.05, 3.63) is 51.8 Å². The number of rotatable bonds is 5. The van der Waals surface area contributed by atoms with Gasteiger partial charge in [-0.25, -0.2) is 8.78 Å². The van der Waals surface area contributed by atoms with Gasteiger partial charge in [0.25, 0.3) is 0 Å². The molecule has 0 amide bonds. The molecule has 0 aliphatic carbocycles. The van der Waals surface area contributed by atoms with Gasteiger partial charge in [0.15, 0.2) is 0 Å². The van der Waals surface area contributed by atoms with Crippen LogP contribution < -0.4 is 5.73 Å². The van der Waals surface area contributed by atoms with Crippen LogP contribution in [0.4, 0.5) is 8.78 Å². The predicted molar refractivity (Wildman–Crippen MR) is 80.9 cm³/mol. The Kier molecular flexibility index (Phi) is 5.08. The van der Waals surface area contributed by atoms with Gasteiger partial charge in [-0.2, -0.15) is 5.10 Å². The van der Waals surface area contributed by atoms with E-state index in [1.807, 2.05) is 19.0 Å². The lowest BCUT2D eigenvalue weighted by molar-refractivity contribution is 0.367. The van der Waals surface area contributed by atoms with Crippen LogP contribution in [0.25, 0.3) is 0 Å². The Morgan fingerprint density at radius 1 is 1.38 bits per heavy atom. The molecule has 0 radical (unpaired) electrons. The Bertz CT molecular complexity index is 627. The van der Waals surface area contributed by atoms with Gasteiger partial charge in [-0.1, -0.05) is 0 Å². The molecule has 2 rings (SSSR count). The Balaban J connectivity index is 2.36. The van der Waals surface area contributed by atoms with Crippen LogP contribution in [-0.4, -0.2) is 35.3 Å². The van der Waals surface area contributed by atoms with Crippen LogP contribution in [-0.2, 0) is 6.54 Å². The molecule has 0 bridgehead atoms. The van der Waals surface area contributed by atoms with Gasteiger partial charge in [0.05, 0.1) is 29.0 Å². The molecule has 1 unspecified atom stereocenters. The number of likely N-dealkylation sites (N-methyl/N-ethyl adjacent to an activating group) is 1. The molecule has 2 aromatic rings. The monoisotopic (exact) mass is 358 g/mol. The van der Waals surface area contributed by atoms with E-state index < -0.39 is 17.7 Å². The zero-order chi connectivity index (χ0) is 15.6. The molecule has 114 valence electrons. The molecular weight excluding hydrogens is 342 g/mol. The van der Waals surface area contributed by atoms with Gasteiger partial charge in [-0.3, -0.25) is 4.68 Å². The summed E-state index contributed by atoms with van der Waals surface area (Å²) in [5.41, 5.74) is 6.87. The first-order chi connectivity index (χ1) is 9.90. The van der Waals surface area contributed by atoms with Gasteiger partial charge in [0, 0.05) is 12.1 Å². The first-order valence-electron chi connectivity index (χ1n) is 6.46. The molecule has 0 fully saturated rings. The molecule has 1 heterocycles. The predicted octanol–water partition coefficient (Wildman–Crippen LogP) is 2.53. The molecule has 0 aliphatic heterocycles. The summed E-state index contributed by atoms with van der Waals surface area (Å²) in [6, 6.07) is 2.48. The van der Waals surface area contributed by atoms with Crippen LogP contribution in [0.5, 0.6) is 0 Å². The summed E-state index contributed by atoms with van der Waals surface area (Å²) >= 11 is 3.37. The van der Waals surface area contributed by atoms with Gasteiger partial charge in [0.2, 0.25) is 0 Å². The topological polar surface area (TPSA) is 47.1 Å². The number of nitrogens with zero attached hydrogens (tertiary/aromatic N) is 3. The van der Waals surface area contributed by atoms with E-state index in [2.05, 4.69) is 21.0 Å². The van der Waals surface area contributed by atoms with E-state index in [0.29, 0.717) is 16.7 Å². The van der Waals surface area contributed by atoms with Crippen LogP contribution in [0.1, 0.15) is 17.3 Å². The molecular formula is C14H17BrF2N4. The van der Waals surface area contributed by atoms with Crippen molar-refractivity contribution in [3.63, 3.8) is 0 Å². The summed E-state index contributed by atoms with van der Waals surface area (Å²) in [4.78, 5) is 2.01. The molecule has 7 heteroatoms. The third-order valence-electron chi connectivity index (χ3n) is 3.18. The second-order valence-corrected chi connectivity index (χ2v) is 5.90. The second-order valence-electron chi connectivity index (χ2n) is 5.05. The third-order valence-corrected chi connectivity index (χ3v) is 3.79. The van der Waals surface area contributed by atoms with E-state index in [1.54, 1.807) is 10.9 Å². The molecule has 0 saturated heterocycles. The van der Waals surface area contributed by atoms with Crippen LogP contribution in [0.3, 0.4) is 0 Å². The Morgan fingerprint density at radius 3 is 2.76 bits per heavy atom. The number of hydrogen-bond acceptors (Lipinski definition) is 3. The zero-order valence-corrected chi connectivity index (χ0v) is 13.4. The summed E-state index contributed by atoms with van der Waals surface area (Å²) in [5, 5.41) is 4.23. The van der Waals surface area contributed by atoms with Gasteiger partial charge in [-0.05, 0) is 48.2 Å². The van der Waals surface area contributed by atoms with Gasteiger partial charge < -0.3 is 10.6 Å². The molecule has 1 atom stereocenters. The smallest absolute Gasteiger partial charge is 0.128 e. The van der Waals surface area contributed by atoms with E-state index >= 15 is 0 Å². The van der Waals surface area contributed by atoms with E-state index in [4.69, 9.17) is 5.73 Å². The molecule has 21 heavy (non-hydrogen) atoms. The summed E-state index contributed by atoms with van der Waals surface area (Å²) in [6.45, 7) is 1.37. The van der Waals surface area contributed by atoms with Crippen LogP contribution in [0.2, 0.25) is 0 Å². The first-order valence-corrected chi connectivity index (χ1v) is 7.26. The van der Waals surface area contributed by atoms with Crippen LogP contribution in [0, 0.1) is 11.6 Å². The maximum Gasteiger partial charge on any atom is 0.128 e. The molecule has 1 aromatic heterocycles. The summed E-state index contributed by atoms with van der Waals surface area (Å²) in [6.07, 6.45) is 1.61. The minimum absolute atomic E-state index is 0.113. The van der Waals surface area contributed by atoms with Crippen molar-refractivity contribution in [3.8, 4) is 0 Å². The number of nitrogens with two attached hydrogens (primary N) is 1. The first kappa shape index (κ1) is 16.1. The number of benzene rings is 1. The normalized spacial score (nSPS) is 12.9. The van der Waals surface area contributed by atoms with Crippen molar-refractivity contribution < 1.29 is 8.78 Å². The Hall–Kier alpha value is -1.31. The molecule has 0 aliphatic rings. The summed E-state index contributed by atoms with van der Waals surface area (Å²) < 4.78 is 29.6. The van der Waals surface area contributed by atoms with E-state index in [-0.39, 0.29) is 5.56 Å². The highest BCUT2D eigenvalue weighted by Crippen LogP contribution is 2.28. The number of aromatic nitrogens is 2. The van der Waals surface area contributed by atoms with Crippen molar-refractivity contribution in [1.29, 1.82) is 0 Å². The SMILES string of the molecule is CN(C)CCn1ncc(Br)c1C(N)c1cc(F)ccc1F. The molecule has 0 spiro atoms. The highest BCUT2D eigenvalue weighted by Gasteiger charge is 2.21. The van der Waals surface area contributed by atoms with Gasteiger partial charge in [0.1, 0.15) is 11.6 Å². The third kappa shape index (κ3) is 3.66. The minimum atomic E-state index is -0.792. The van der Waals surface area contributed by atoms with Crippen molar-refractivity contribution in [1.82, 2.24) is 14.7 Å². The standard InChI is InChI=1S/C14H17BrF2N4/c1-20(2)5-6-21-14(11(15)8-19-21)13(18)10-7-9(16)3-4-12(10)17/h3-4,7-8,13H,5-6,18H2,1-2H3. The lowest BCUT2D eigenvalue weighted by Crippen LogP contribution is -2.24. The quantitative estimate of drug-likeness (QED) is 0.893. The highest BCUT2D eigenvalue weighted by atomic mass is 79.9. The van der Waals surface area contributed by atoms with Crippen LogP contribution in [0.15, 0.2) is 28.9 Å². The Labute approximate surface area is 130 Å². The Morgan fingerprint density at radius 2 is 2.10 bits per heavy atom. The maximum atomic E-state index is 13.9. The highest BCUT2D eigenvalue weighted by molar-refractivity contribution is 9.10. The van der Waals surface area contributed by atoms with Crippen molar-refractivity contribution >= 4 is 15.9 Å². The lowest BCUT2D eigenvalue weighted by Gasteiger charge is -2.17. The fourth-order valence-corrected chi connectivity index (χ4v) is 2.60. The van der Waals surface area contributed by atoms with Crippen LogP contribution >= 0.6 is 15.9 Å². The zero-order valence-electron chi connectivity index (χ0n) is 11.9. The molecule has 0 saturated carbocycles. The van der Waals surface area contributed by atoms with E-state index in [9.17, 15) is 8.78 Å². The summed E-state index contributed by atoms with van der Waals surface area (Å²) in [5.74, 6) is -1.05. The molecule has 4 nitrogen and oxygen atoms in total. The number of halogens is 3. The van der Waals surface area contributed by atoms with E-state index in [1.165, 1.54) is 0 Å². The minimum Gasteiger partial charge on any atom is -0.319 e. The fraction of sp³-hybridized carbons (Fsp3) is 0.357. The summed E-state index contributed by atoms with van der Waals surface area (Å²) in [7, 11) is 3.90. The number of hydrogen-bond donors (Lipinski definition) is 1. The average Bonchev–Trinajstić information content (AvgIpc) is 2.79. The largest absolute Gasteiger partial charge is 0.319 e. The van der Waals surface area contributed by atoms with Crippen molar-refractivity contribution in [2.75, 3.05) is 20.6 Å². The molecule has 2 N–H and O–H groups in total. The van der Waals surface area contributed by atoms with Crippen molar-refractivity contribution in [2.45, 2.75) is 12.6 Å². The fourth-order valence-electron chi connectivity index (χ4n) is 2.05. The van der Waals surface area contributed by atoms with Gasteiger partial charge in [-0.15, -0.1) is 0 Å². The average molecular weight is 359 g/mol. The maximum absolute atomic E-state index is 13.9. The molecule has 1 aromatic carbocycles. The van der Waals surface area contributed by atoms with Gasteiger partial charge >= 0.3 is 0 Å². The van der Waals surface area contributed by atoms with E-state index in [0.717, 1.165) is 24.7 Å².